The Kier molecular flexibility index (Phi) is 4.27. The van der Waals surface area contributed by atoms with Crippen LogP contribution in [0.1, 0.15) is 51.4 Å². The minimum Gasteiger partial charge on any atom is -0.0561 e. The third-order valence-electron chi connectivity index (χ3n) is 5.96. The van der Waals surface area contributed by atoms with Gasteiger partial charge in [-0.15, -0.1) is 0 Å². The molecule has 2 saturated carbocycles. The molecule has 6 aliphatic carbocycles. The highest BCUT2D eigenvalue weighted by Crippen LogP contribution is 2.48. The van der Waals surface area contributed by atoms with Crippen molar-refractivity contribution in [2.75, 3.05) is 0 Å². The van der Waals surface area contributed by atoms with Crippen LogP contribution in [0.2, 0.25) is 0 Å². The van der Waals surface area contributed by atoms with Crippen LogP contribution < -0.4 is 0 Å². The van der Waals surface area contributed by atoms with Gasteiger partial charge in [0, 0.05) is 20.1 Å². The molecule has 0 aromatic rings. The van der Waals surface area contributed by atoms with Crippen molar-refractivity contribution < 1.29 is 0 Å². The summed E-state index contributed by atoms with van der Waals surface area (Å²) >= 11 is 7.58. The normalized spacial score (nSPS) is 35.9. The van der Waals surface area contributed by atoms with Gasteiger partial charge in [-0.2, -0.15) is 0 Å². The first-order valence-corrected chi connectivity index (χ1v) is 10.1. The van der Waals surface area contributed by atoms with E-state index in [1.54, 1.807) is 0 Å². The van der Waals surface area contributed by atoms with Crippen molar-refractivity contribution in [3.05, 3.63) is 20.1 Å². The van der Waals surface area contributed by atoms with E-state index in [1.807, 2.05) is 0 Å². The van der Waals surface area contributed by atoms with E-state index in [1.165, 1.54) is 71.5 Å². The number of fused-ring (bicyclic) bond motifs is 4. The van der Waals surface area contributed by atoms with Crippen molar-refractivity contribution in [2.45, 2.75) is 51.4 Å². The lowest BCUT2D eigenvalue weighted by Gasteiger charge is -2.36. The second kappa shape index (κ2) is 6.22. The Balaban J connectivity index is 1.56. The standard InChI is InChI=1S/C20H20Br2/c21-19-15-9-5-13(6-10-15)17(19)3-1-2-4-18-14-7-11-16(12-8-14)20(18)22/h13-16H,5-12H2. The fourth-order valence-electron chi connectivity index (χ4n) is 4.62. The molecular formula is C20H20Br2. The zero-order chi connectivity index (χ0) is 15.1. The molecule has 0 spiro atoms. The highest BCUT2D eigenvalue weighted by Gasteiger charge is 2.34. The van der Waals surface area contributed by atoms with Crippen molar-refractivity contribution in [1.82, 2.24) is 0 Å². The first kappa shape index (κ1) is 15.1. The quantitative estimate of drug-likeness (QED) is 0.426. The molecule has 0 unspecified atom stereocenters. The second-order valence-electron chi connectivity index (χ2n) is 7.12. The van der Waals surface area contributed by atoms with E-state index in [0.29, 0.717) is 11.8 Å². The summed E-state index contributed by atoms with van der Waals surface area (Å²) in [7, 11) is 0. The van der Waals surface area contributed by atoms with Crippen molar-refractivity contribution >= 4 is 31.9 Å². The molecule has 6 aliphatic rings. The molecule has 0 aliphatic heterocycles. The van der Waals surface area contributed by atoms with E-state index in [-0.39, 0.29) is 0 Å². The Bertz CT molecular complexity index is 598. The summed E-state index contributed by atoms with van der Waals surface area (Å²) in [5, 5.41) is 0. The number of rotatable bonds is 0. The van der Waals surface area contributed by atoms with Crippen LogP contribution in [0.4, 0.5) is 0 Å². The molecule has 22 heavy (non-hydrogen) atoms. The van der Waals surface area contributed by atoms with Gasteiger partial charge in [-0.1, -0.05) is 43.7 Å². The summed E-state index contributed by atoms with van der Waals surface area (Å²) < 4.78 is 2.75. The van der Waals surface area contributed by atoms with Gasteiger partial charge in [0.05, 0.1) is 0 Å². The van der Waals surface area contributed by atoms with E-state index >= 15 is 0 Å². The summed E-state index contributed by atoms with van der Waals surface area (Å²) in [6.07, 6.45) is 10.6. The molecule has 0 saturated heterocycles. The summed E-state index contributed by atoms with van der Waals surface area (Å²) in [4.78, 5) is 0. The van der Waals surface area contributed by atoms with Gasteiger partial charge in [0.25, 0.3) is 0 Å². The molecule has 0 aromatic carbocycles. The SMILES string of the molecule is BrC1=C(C#CC#CC2=C(Br)C3CCC2CC3)C2CCC1CC2. The van der Waals surface area contributed by atoms with Crippen LogP contribution >= 0.6 is 31.9 Å². The van der Waals surface area contributed by atoms with Crippen molar-refractivity contribution in [2.24, 2.45) is 23.7 Å². The molecule has 2 heteroatoms. The molecule has 0 radical (unpaired) electrons. The lowest BCUT2D eigenvalue weighted by Crippen LogP contribution is -2.24. The van der Waals surface area contributed by atoms with E-state index in [0.717, 1.165) is 11.8 Å². The van der Waals surface area contributed by atoms with Gasteiger partial charge in [0.2, 0.25) is 0 Å². The fourth-order valence-corrected chi connectivity index (χ4v) is 6.38. The minimum absolute atomic E-state index is 0.685. The average molecular weight is 420 g/mol. The maximum absolute atomic E-state index is 3.79. The Morgan fingerprint density at radius 2 is 0.864 bits per heavy atom. The first-order chi connectivity index (χ1) is 10.7. The van der Waals surface area contributed by atoms with E-state index in [9.17, 15) is 0 Å². The summed E-state index contributed by atoms with van der Waals surface area (Å²) in [5.74, 6) is 15.9. The largest absolute Gasteiger partial charge is 0.0561 e. The summed E-state index contributed by atoms with van der Waals surface area (Å²) in [6.45, 7) is 0. The smallest absolute Gasteiger partial charge is 0.0165 e. The monoisotopic (exact) mass is 418 g/mol. The topological polar surface area (TPSA) is 0 Å². The maximum Gasteiger partial charge on any atom is 0.0165 e. The van der Waals surface area contributed by atoms with Crippen molar-refractivity contribution in [3.63, 3.8) is 0 Å². The van der Waals surface area contributed by atoms with Crippen molar-refractivity contribution in [3.8, 4) is 23.7 Å². The van der Waals surface area contributed by atoms with E-state index < -0.39 is 0 Å². The Hall–Kier alpha value is -0.440. The van der Waals surface area contributed by atoms with Crippen LogP contribution in [0.25, 0.3) is 0 Å². The number of allylic oxidation sites excluding steroid dienone is 4. The predicted molar refractivity (Wildman–Crippen MR) is 98.4 cm³/mol. The molecule has 114 valence electrons. The molecule has 6 rings (SSSR count). The molecule has 0 N–H and O–H groups in total. The van der Waals surface area contributed by atoms with Crippen molar-refractivity contribution in [1.29, 1.82) is 0 Å². The Morgan fingerprint density at radius 1 is 0.545 bits per heavy atom. The van der Waals surface area contributed by atoms with Crippen LogP contribution in [0, 0.1) is 47.4 Å². The highest BCUT2D eigenvalue weighted by molar-refractivity contribution is 9.12. The Morgan fingerprint density at radius 3 is 1.18 bits per heavy atom. The molecule has 0 nitrogen and oxygen atoms in total. The summed E-state index contributed by atoms with van der Waals surface area (Å²) in [5.41, 5.74) is 2.69. The lowest BCUT2D eigenvalue weighted by molar-refractivity contribution is 0.315. The van der Waals surface area contributed by atoms with Gasteiger partial charge in [0.1, 0.15) is 0 Å². The van der Waals surface area contributed by atoms with E-state index in [4.69, 9.17) is 0 Å². The predicted octanol–water partition coefficient (Wildman–Crippen LogP) is 5.93. The molecule has 0 aromatic heterocycles. The fraction of sp³-hybridized carbons (Fsp3) is 0.600. The summed E-state index contributed by atoms with van der Waals surface area (Å²) in [6, 6.07) is 0. The molecule has 2 fully saturated rings. The molecule has 0 atom stereocenters. The van der Waals surface area contributed by atoms with Gasteiger partial charge >= 0.3 is 0 Å². The zero-order valence-electron chi connectivity index (χ0n) is 12.7. The number of halogens is 2. The Labute approximate surface area is 150 Å². The molecule has 0 amide bonds. The van der Waals surface area contributed by atoms with Gasteiger partial charge in [-0.3, -0.25) is 0 Å². The van der Waals surface area contributed by atoms with Crippen LogP contribution in [0.5, 0.6) is 0 Å². The third-order valence-corrected chi connectivity index (χ3v) is 8.11. The lowest BCUT2D eigenvalue weighted by atomic mass is 9.71. The second-order valence-corrected chi connectivity index (χ2v) is 8.83. The van der Waals surface area contributed by atoms with Gasteiger partial charge < -0.3 is 0 Å². The average Bonchev–Trinajstić information content (AvgIpc) is 2.57. The first-order valence-electron chi connectivity index (χ1n) is 8.55. The van der Waals surface area contributed by atoms with Crippen LogP contribution in [0.15, 0.2) is 20.1 Å². The van der Waals surface area contributed by atoms with Crippen LogP contribution in [0.3, 0.4) is 0 Å². The number of hydrogen-bond acceptors (Lipinski definition) is 0. The van der Waals surface area contributed by atoms with Gasteiger partial charge in [-0.25, -0.2) is 0 Å². The van der Waals surface area contributed by atoms with Gasteiger partial charge in [-0.05, 0) is 86.9 Å². The van der Waals surface area contributed by atoms with E-state index in [2.05, 4.69) is 55.5 Å². The number of hydrogen-bond donors (Lipinski definition) is 0. The minimum atomic E-state index is 0.685. The maximum atomic E-state index is 3.79. The molecule has 0 heterocycles. The highest BCUT2D eigenvalue weighted by atomic mass is 79.9. The molecule has 4 bridgehead atoms. The molecular weight excluding hydrogens is 400 g/mol. The third kappa shape index (κ3) is 2.64. The van der Waals surface area contributed by atoms with Crippen LogP contribution in [-0.2, 0) is 0 Å². The van der Waals surface area contributed by atoms with Crippen LogP contribution in [-0.4, -0.2) is 0 Å². The zero-order valence-corrected chi connectivity index (χ0v) is 15.9. The van der Waals surface area contributed by atoms with Gasteiger partial charge in [0.15, 0.2) is 0 Å².